The average molecular weight is 456 g/mol. The number of fused-ring (bicyclic) bond motifs is 1. The van der Waals surface area contributed by atoms with E-state index < -0.39 is 0 Å². The Hall–Kier alpha value is -2.63. The molecular weight excluding hydrogens is 440 g/mol. The van der Waals surface area contributed by atoms with Gasteiger partial charge in [-0.05, 0) is 64.8 Å². The average Bonchev–Trinajstić information content (AvgIpc) is 3.09. The molecule has 0 aliphatic rings. The number of oxazole rings is 1. The van der Waals surface area contributed by atoms with Crippen molar-refractivity contribution in [3.63, 3.8) is 0 Å². The molecule has 0 aliphatic carbocycles. The Morgan fingerprint density at radius 1 is 1.11 bits per heavy atom. The van der Waals surface area contributed by atoms with Crippen LogP contribution in [0.2, 0.25) is 5.02 Å². The Morgan fingerprint density at radius 2 is 1.89 bits per heavy atom. The first kappa shape index (κ1) is 18.7. The second-order valence-corrected chi connectivity index (χ2v) is 7.80. The Balaban J connectivity index is 1.53. The summed E-state index contributed by atoms with van der Waals surface area (Å²) in [5, 5.41) is 3.54. The topological polar surface area (TPSA) is 55.1 Å². The van der Waals surface area contributed by atoms with Gasteiger partial charge in [-0.25, -0.2) is 4.98 Å². The fraction of sp³-hybridized carbons (Fsp3) is 0.0909. The van der Waals surface area contributed by atoms with Crippen molar-refractivity contribution in [3.05, 3.63) is 81.3 Å². The van der Waals surface area contributed by atoms with Crippen molar-refractivity contribution >= 4 is 50.2 Å². The number of anilines is 1. The molecule has 4 aromatic rings. The van der Waals surface area contributed by atoms with Gasteiger partial charge in [0.2, 0.25) is 11.8 Å². The number of amides is 1. The fourth-order valence-electron chi connectivity index (χ4n) is 2.85. The van der Waals surface area contributed by atoms with Crippen LogP contribution in [0.3, 0.4) is 0 Å². The molecule has 0 fully saturated rings. The minimum absolute atomic E-state index is 0.0754. The monoisotopic (exact) mass is 454 g/mol. The lowest BCUT2D eigenvalue weighted by Gasteiger charge is -2.05. The van der Waals surface area contributed by atoms with E-state index >= 15 is 0 Å². The minimum atomic E-state index is -0.0754. The van der Waals surface area contributed by atoms with Crippen LogP contribution in [0.4, 0.5) is 5.69 Å². The van der Waals surface area contributed by atoms with Gasteiger partial charge in [0.15, 0.2) is 5.58 Å². The van der Waals surface area contributed by atoms with Crippen LogP contribution in [-0.2, 0) is 11.2 Å². The quantitative estimate of drug-likeness (QED) is 0.387. The highest BCUT2D eigenvalue weighted by Crippen LogP contribution is 2.31. The maximum absolute atomic E-state index is 12.3. The van der Waals surface area contributed by atoms with Gasteiger partial charge in [0.1, 0.15) is 5.52 Å². The lowest BCUT2D eigenvalue weighted by atomic mass is 10.1. The molecule has 6 heteroatoms. The Morgan fingerprint density at radius 3 is 2.64 bits per heavy atom. The zero-order valence-corrected chi connectivity index (χ0v) is 17.3. The molecule has 0 saturated heterocycles. The molecule has 0 spiro atoms. The molecule has 28 heavy (non-hydrogen) atoms. The molecule has 1 aromatic heterocycles. The molecule has 140 valence electrons. The Kier molecular flexibility index (Phi) is 5.20. The number of benzene rings is 3. The van der Waals surface area contributed by atoms with Gasteiger partial charge in [-0.1, -0.05) is 41.4 Å². The first-order valence-electron chi connectivity index (χ1n) is 8.69. The Labute approximate surface area is 175 Å². The molecule has 0 atom stereocenters. The largest absolute Gasteiger partial charge is 0.436 e. The van der Waals surface area contributed by atoms with E-state index in [-0.39, 0.29) is 5.91 Å². The highest BCUT2D eigenvalue weighted by molar-refractivity contribution is 9.10. The standard InChI is InChI=1S/C22H16BrClN2O2/c1-13-2-4-14(5-3-13)10-21(27)25-16-7-9-20-19(12-16)26-22(28-20)15-6-8-18(24)17(23)11-15/h2-9,11-12H,10H2,1H3,(H,25,27). The van der Waals surface area contributed by atoms with Crippen molar-refractivity contribution in [1.29, 1.82) is 0 Å². The Bertz CT molecular complexity index is 1170. The maximum atomic E-state index is 12.3. The summed E-state index contributed by atoms with van der Waals surface area (Å²) in [7, 11) is 0. The van der Waals surface area contributed by atoms with E-state index in [9.17, 15) is 4.79 Å². The SMILES string of the molecule is Cc1ccc(CC(=O)Nc2ccc3oc(-c4ccc(Cl)c(Br)c4)nc3c2)cc1. The number of hydrogen-bond acceptors (Lipinski definition) is 3. The number of aromatic nitrogens is 1. The number of carbonyl (C=O) groups excluding carboxylic acids is 1. The van der Waals surface area contributed by atoms with E-state index in [1.807, 2.05) is 49.4 Å². The number of halogens is 2. The van der Waals surface area contributed by atoms with Crippen molar-refractivity contribution in [1.82, 2.24) is 4.98 Å². The van der Waals surface area contributed by atoms with Crippen molar-refractivity contribution in [2.45, 2.75) is 13.3 Å². The van der Waals surface area contributed by atoms with E-state index in [4.69, 9.17) is 16.0 Å². The molecule has 0 bridgehead atoms. The lowest BCUT2D eigenvalue weighted by Crippen LogP contribution is -2.14. The van der Waals surface area contributed by atoms with E-state index in [1.165, 1.54) is 5.56 Å². The summed E-state index contributed by atoms with van der Waals surface area (Å²) in [5.74, 6) is 0.420. The summed E-state index contributed by atoms with van der Waals surface area (Å²) < 4.78 is 6.60. The third-order valence-corrected chi connectivity index (χ3v) is 5.54. The van der Waals surface area contributed by atoms with E-state index in [1.54, 1.807) is 18.2 Å². The van der Waals surface area contributed by atoms with Gasteiger partial charge >= 0.3 is 0 Å². The molecule has 0 aliphatic heterocycles. The first-order valence-corrected chi connectivity index (χ1v) is 9.86. The van der Waals surface area contributed by atoms with Gasteiger partial charge in [-0.3, -0.25) is 4.79 Å². The van der Waals surface area contributed by atoms with Crippen LogP contribution in [0.5, 0.6) is 0 Å². The number of hydrogen-bond donors (Lipinski definition) is 1. The van der Waals surface area contributed by atoms with Crippen LogP contribution in [0.25, 0.3) is 22.6 Å². The molecule has 1 heterocycles. The predicted molar refractivity (Wildman–Crippen MR) is 116 cm³/mol. The molecule has 4 nitrogen and oxygen atoms in total. The molecular formula is C22H16BrClN2O2. The highest BCUT2D eigenvalue weighted by atomic mass is 79.9. The maximum Gasteiger partial charge on any atom is 0.228 e. The van der Waals surface area contributed by atoms with Gasteiger partial charge in [0, 0.05) is 15.7 Å². The predicted octanol–water partition coefficient (Wildman–Crippen LogP) is 6.40. The van der Waals surface area contributed by atoms with Crippen molar-refractivity contribution in [2.24, 2.45) is 0 Å². The molecule has 0 saturated carbocycles. The van der Waals surface area contributed by atoms with Crippen LogP contribution >= 0.6 is 27.5 Å². The normalized spacial score (nSPS) is 11.0. The zero-order chi connectivity index (χ0) is 19.7. The minimum Gasteiger partial charge on any atom is -0.436 e. The summed E-state index contributed by atoms with van der Waals surface area (Å²) in [6.45, 7) is 2.02. The number of nitrogens with one attached hydrogen (secondary N) is 1. The third kappa shape index (κ3) is 4.11. The van der Waals surface area contributed by atoms with Gasteiger partial charge < -0.3 is 9.73 Å². The summed E-state index contributed by atoms with van der Waals surface area (Å²) >= 11 is 9.45. The van der Waals surface area contributed by atoms with Gasteiger partial charge in [0.25, 0.3) is 0 Å². The first-order chi connectivity index (χ1) is 13.5. The third-order valence-electron chi connectivity index (χ3n) is 4.32. The molecule has 3 aromatic carbocycles. The summed E-state index contributed by atoms with van der Waals surface area (Å²) in [6.07, 6.45) is 0.321. The molecule has 1 N–H and O–H groups in total. The second kappa shape index (κ2) is 7.78. The molecule has 4 rings (SSSR count). The summed E-state index contributed by atoms with van der Waals surface area (Å²) in [5.41, 5.74) is 4.97. The number of aryl methyl sites for hydroxylation is 1. The summed E-state index contributed by atoms with van der Waals surface area (Å²) in [4.78, 5) is 16.9. The van der Waals surface area contributed by atoms with Crippen molar-refractivity contribution < 1.29 is 9.21 Å². The number of carbonyl (C=O) groups is 1. The van der Waals surface area contributed by atoms with Crippen LogP contribution in [0.15, 0.2) is 69.6 Å². The summed E-state index contributed by atoms with van der Waals surface area (Å²) in [6, 6.07) is 18.8. The van der Waals surface area contributed by atoms with Crippen LogP contribution < -0.4 is 5.32 Å². The van der Waals surface area contributed by atoms with Crippen LogP contribution in [0, 0.1) is 6.92 Å². The molecule has 0 unspecified atom stereocenters. The van der Waals surface area contributed by atoms with Gasteiger partial charge in [0.05, 0.1) is 11.4 Å². The lowest BCUT2D eigenvalue weighted by molar-refractivity contribution is -0.115. The second-order valence-electron chi connectivity index (χ2n) is 6.54. The number of nitrogens with zero attached hydrogens (tertiary/aromatic N) is 1. The zero-order valence-electron chi connectivity index (χ0n) is 15.0. The fourth-order valence-corrected chi connectivity index (χ4v) is 3.35. The molecule has 1 amide bonds. The van der Waals surface area contributed by atoms with E-state index in [0.717, 1.165) is 15.6 Å². The van der Waals surface area contributed by atoms with E-state index in [0.29, 0.717) is 34.1 Å². The van der Waals surface area contributed by atoms with Crippen molar-refractivity contribution in [3.8, 4) is 11.5 Å². The van der Waals surface area contributed by atoms with Gasteiger partial charge in [-0.2, -0.15) is 0 Å². The molecule has 0 radical (unpaired) electrons. The van der Waals surface area contributed by atoms with Crippen molar-refractivity contribution in [2.75, 3.05) is 5.32 Å². The number of rotatable bonds is 4. The van der Waals surface area contributed by atoms with Gasteiger partial charge in [-0.15, -0.1) is 0 Å². The highest BCUT2D eigenvalue weighted by Gasteiger charge is 2.11. The van der Waals surface area contributed by atoms with Crippen LogP contribution in [0.1, 0.15) is 11.1 Å². The van der Waals surface area contributed by atoms with Crippen LogP contribution in [-0.4, -0.2) is 10.9 Å². The van der Waals surface area contributed by atoms with E-state index in [2.05, 4.69) is 26.2 Å². The smallest absolute Gasteiger partial charge is 0.228 e.